The van der Waals surface area contributed by atoms with Crippen LogP contribution in [0.3, 0.4) is 0 Å². The molecule has 0 spiro atoms. The van der Waals surface area contributed by atoms with Crippen LogP contribution in [0.25, 0.3) is 22.3 Å². The second-order valence-electron chi connectivity index (χ2n) is 6.28. The van der Waals surface area contributed by atoms with E-state index in [1.54, 1.807) is 16.7 Å². The van der Waals surface area contributed by atoms with Crippen molar-refractivity contribution >= 4 is 32.7 Å². The summed E-state index contributed by atoms with van der Waals surface area (Å²) in [4.78, 5) is 28.4. The number of non-ortho nitro benzene ring substituents is 1. The largest absolute Gasteiger partial charge is 0.300 e. The van der Waals surface area contributed by atoms with Crippen molar-refractivity contribution < 1.29 is 4.92 Å². The summed E-state index contributed by atoms with van der Waals surface area (Å²) < 4.78 is 2.49. The van der Waals surface area contributed by atoms with Crippen molar-refractivity contribution in [1.29, 1.82) is 0 Å². The molecule has 4 aromatic rings. The molecule has 0 bridgehead atoms. The lowest BCUT2D eigenvalue weighted by molar-refractivity contribution is -0.384. The van der Waals surface area contributed by atoms with E-state index in [0.29, 0.717) is 23.1 Å². The average molecular weight is 436 g/mol. The van der Waals surface area contributed by atoms with E-state index in [4.69, 9.17) is 0 Å². The van der Waals surface area contributed by atoms with Crippen LogP contribution in [0.5, 0.6) is 0 Å². The van der Waals surface area contributed by atoms with Crippen molar-refractivity contribution in [2.75, 3.05) is 0 Å². The van der Waals surface area contributed by atoms with Crippen LogP contribution in [0.1, 0.15) is 5.56 Å². The minimum atomic E-state index is -0.483. The van der Waals surface area contributed by atoms with Gasteiger partial charge in [0.05, 0.1) is 22.5 Å². The Kier molecular flexibility index (Phi) is 4.75. The standard InChI is InChI=1S/C21H14BrN3O3/c22-16-9-10-19-18(12-16)23-20(15-7-4-8-17(11-15)25(27)28)21(26)24(19)13-14-5-2-1-3-6-14/h1-12H,13H2. The first kappa shape index (κ1) is 18.1. The number of hydrogen-bond acceptors (Lipinski definition) is 4. The Morgan fingerprint density at radius 2 is 1.79 bits per heavy atom. The van der Waals surface area contributed by atoms with E-state index in [-0.39, 0.29) is 16.9 Å². The highest BCUT2D eigenvalue weighted by atomic mass is 79.9. The minimum Gasteiger partial charge on any atom is -0.300 e. The van der Waals surface area contributed by atoms with Crippen molar-refractivity contribution in [2.24, 2.45) is 0 Å². The molecule has 0 saturated heterocycles. The van der Waals surface area contributed by atoms with E-state index in [1.807, 2.05) is 48.5 Å². The van der Waals surface area contributed by atoms with Crippen molar-refractivity contribution in [3.63, 3.8) is 0 Å². The molecule has 3 aromatic carbocycles. The molecule has 0 aliphatic rings. The molecular formula is C21H14BrN3O3. The molecule has 0 aliphatic carbocycles. The summed E-state index contributed by atoms with van der Waals surface area (Å²) in [7, 11) is 0. The van der Waals surface area contributed by atoms with Crippen LogP contribution in [0.4, 0.5) is 5.69 Å². The molecule has 138 valence electrons. The molecule has 28 heavy (non-hydrogen) atoms. The fraction of sp³-hybridized carbons (Fsp3) is 0.0476. The van der Waals surface area contributed by atoms with E-state index < -0.39 is 4.92 Å². The van der Waals surface area contributed by atoms with Crippen LogP contribution in [-0.4, -0.2) is 14.5 Å². The molecule has 4 rings (SSSR count). The normalized spacial score (nSPS) is 10.9. The fourth-order valence-corrected chi connectivity index (χ4v) is 3.45. The molecule has 6 nitrogen and oxygen atoms in total. The van der Waals surface area contributed by atoms with Gasteiger partial charge in [-0.3, -0.25) is 14.9 Å². The first-order valence-corrected chi connectivity index (χ1v) is 9.31. The third kappa shape index (κ3) is 3.44. The third-order valence-corrected chi connectivity index (χ3v) is 4.92. The number of aromatic nitrogens is 2. The van der Waals surface area contributed by atoms with Gasteiger partial charge in [0, 0.05) is 22.2 Å². The maximum absolute atomic E-state index is 13.3. The molecule has 1 heterocycles. The highest BCUT2D eigenvalue weighted by molar-refractivity contribution is 9.10. The highest BCUT2D eigenvalue weighted by Crippen LogP contribution is 2.24. The summed E-state index contributed by atoms with van der Waals surface area (Å²) in [6, 6.07) is 21.2. The molecule has 0 saturated carbocycles. The smallest absolute Gasteiger partial charge is 0.277 e. The first-order chi connectivity index (χ1) is 13.5. The fourth-order valence-electron chi connectivity index (χ4n) is 3.10. The maximum Gasteiger partial charge on any atom is 0.277 e. The summed E-state index contributed by atoms with van der Waals surface area (Å²) in [5.74, 6) is 0. The van der Waals surface area contributed by atoms with E-state index in [1.165, 1.54) is 12.1 Å². The molecule has 1 aromatic heterocycles. The predicted octanol–water partition coefficient (Wildman–Crippen LogP) is 4.78. The van der Waals surface area contributed by atoms with Crippen molar-refractivity contribution in [1.82, 2.24) is 9.55 Å². The van der Waals surface area contributed by atoms with Gasteiger partial charge in [-0.15, -0.1) is 0 Å². The number of fused-ring (bicyclic) bond motifs is 1. The molecule has 0 unspecified atom stereocenters. The third-order valence-electron chi connectivity index (χ3n) is 4.42. The summed E-state index contributed by atoms with van der Waals surface area (Å²) >= 11 is 3.44. The van der Waals surface area contributed by atoms with Crippen molar-refractivity contribution in [3.8, 4) is 11.3 Å². The van der Waals surface area contributed by atoms with Crippen LogP contribution in [0.15, 0.2) is 82.1 Å². The number of hydrogen-bond donors (Lipinski definition) is 0. The van der Waals surface area contributed by atoms with Gasteiger partial charge in [-0.25, -0.2) is 4.98 Å². The quantitative estimate of drug-likeness (QED) is 0.341. The number of rotatable bonds is 4. The Hall–Kier alpha value is -3.32. The monoisotopic (exact) mass is 435 g/mol. The second kappa shape index (κ2) is 7.36. The van der Waals surface area contributed by atoms with E-state index in [9.17, 15) is 14.9 Å². The van der Waals surface area contributed by atoms with Crippen molar-refractivity contribution in [2.45, 2.75) is 6.54 Å². The number of nitro benzene ring substituents is 1. The van der Waals surface area contributed by atoms with Gasteiger partial charge in [-0.1, -0.05) is 58.4 Å². The van der Waals surface area contributed by atoms with Crippen LogP contribution in [0.2, 0.25) is 0 Å². The zero-order valence-electron chi connectivity index (χ0n) is 14.6. The van der Waals surface area contributed by atoms with Gasteiger partial charge in [0.25, 0.3) is 11.2 Å². The number of nitrogens with zero attached hydrogens (tertiary/aromatic N) is 3. The van der Waals surface area contributed by atoms with Gasteiger partial charge in [0.1, 0.15) is 5.69 Å². The zero-order chi connectivity index (χ0) is 19.7. The topological polar surface area (TPSA) is 78.0 Å². The predicted molar refractivity (Wildman–Crippen MR) is 111 cm³/mol. The minimum absolute atomic E-state index is 0.0809. The molecule has 0 amide bonds. The Balaban J connectivity index is 1.97. The van der Waals surface area contributed by atoms with Crippen LogP contribution >= 0.6 is 15.9 Å². The molecule has 0 radical (unpaired) electrons. The Bertz CT molecular complexity index is 1250. The molecule has 7 heteroatoms. The lowest BCUT2D eigenvalue weighted by atomic mass is 10.1. The van der Waals surface area contributed by atoms with E-state index in [0.717, 1.165) is 10.0 Å². The first-order valence-electron chi connectivity index (χ1n) is 8.52. The average Bonchev–Trinajstić information content (AvgIpc) is 2.70. The second-order valence-corrected chi connectivity index (χ2v) is 7.19. The zero-order valence-corrected chi connectivity index (χ0v) is 16.2. The van der Waals surface area contributed by atoms with Crippen LogP contribution < -0.4 is 5.56 Å². The number of nitro groups is 1. The molecule has 0 N–H and O–H groups in total. The molecule has 0 aliphatic heterocycles. The lowest BCUT2D eigenvalue weighted by Crippen LogP contribution is -2.24. The van der Waals surface area contributed by atoms with Crippen molar-refractivity contribution in [3.05, 3.63) is 103 Å². The maximum atomic E-state index is 13.3. The summed E-state index contributed by atoms with van der Waals surface area (Å²) in [5, 5.41) is 11.1. The SMILES string of the molecule is O=c1c(-c2cccc([N+](=O)[O-])c2)nc2cc(Br)ccc2n1Cc1ccccc1. The van der Waals surface area contributed by atoms with Gasteiger partial charge in [0.15, 0.2) is 0 Å². The van der Waals surface area contributed by atoms with E-state index in [2.05, 4.69) is 20.9 Å². The Morgan fingerprint density at radius 3 is 2.54 bits per heavy atom. The Morgan fingerprint density at radius 1 is 1.00 bits per heavy atom. The van der Waals surface area contributed by atoms with Crippen LogP contribution in [-0.2, 0) is 6.54 Å². The van der Waals surface area contributed by atoms with Gasteiger partial charge >= 0.3 is 0 Å². The molecule has 0 atom stereocenters. The van der Waals surface area contributed by atoms with Gasteiger partial charge in [-0.05, 0) is 23.8 Å². The summed E-state index contributed by atoms with van der Waals surface area (Å²) in [6.07, 6.45) is 0. The lowest BCUT2D eigenvalue weighted by Gasteiger charge is -2.13. The van der Waals surface area contributed by atoms with Gasteiger partial charge in [0.2, 0.25) is 0 Å². The Labute approximate surface area is 168 Å². The molecular weight excluding hydrogens is 422 g/mol. The summed E-state index contributed by atoms with van der Waals surface area (Å²) in [5.41, 5.74) is 2.54. The number of benzene rings is 3. The highest BCUT2D eigenvalue weighted by Gasteiger charge is 2.16. The number of halogens is 1. The van der Waals surface area contributed by atoms with E-state index >= 15 is 0 Å². The van der Waals surface area contributed by atoms with Gasteiger partial charge in [-0.2, -0.15) is 0 Å². The summed E-state index contributed by atoms with van der Waals surface area (Å²) in [6.45, 7) is 0.377. The van der Waals surface area contributed by atoms with Gasteiger partial charge < -0.3 is 4.57 Å². The van der Waals surface area contributed by atoms with Crippen LogP contribution in [0, 0.1) is 10.1 Å². The molecule has 0 fully saturated rings.